The summed E-state index contributed by atoms with van der Waals surface area (Å²) < 4.78 is 12.4. The van der Waals surface area contributed by atoms with Crippen LogP contribution in [0.15, 0.2) is 24.6 Å². The third kappa shape index (κ3) is 17.1. The molecule has 0 rings (SSSR count). The molecule has 2 atom stereocenters. The molecule has 2 unspecified atom stereocenters. The van der Waals surface area contributed by atoms with Crippen molar-refractivity contribution in [1.29, 1.82) is 0 Å². The average Bonchev–Trinajstić information content (AvgIpc) is 2.60. The lowest BCUT2D eigenvalue weighted by Crippen LogP contribution is -2.33. The standard InChI is InChI=1S/C25H46Cl3FN2/c1-19(12-13-25(26,27)28)11-9-10-14-30-20(2)15-22(16-29)17-31-21(3)24(7,8)18-23(4,5)6/h19,22,30-31H,2-3,9-18H2,1,4-8H3. The van der Waals surface area contributed by atoms with Crippen molar-refractivity contribution in [3.8, 4) is 0 Å². The van der Waals surface area contributed by atoms with Gasteiger partial charge in [-0.15, -0.1) is 0 Å². The molecule has 0 bridgehead atoms. The molecule has 0 aliphatic heterocycles. The monoisotopic (exact) mass is 498 g/mol. The second kappa shape index (κ2) is 14.2. The Morgan fingerprint density at radius 3 is 2.10 bits per heavy atom. The van der Waals surface area contributed by atoms with Gasteiger partial charge in [0.15, 0.2) is 3.79 Å². The van der Waals surface area contributed by atoms with E-state index in [1.807, 2.05) is 0 Å². The first-order chi connectivity index (χ1) is 14.1. The summed E-state index contributed by atoms with van der Waals surface area (Å²) in [5, 5.41) is 6.73. The van der Waals surface area contributed by atoms with Crippen molar-refractivity contribution in [3.05, 3.63) is 24.6 Å². The van der Waals surface area contributed by atoms with Crippen LogP contribution < -0.4 is 10.6 Å². The van der Waals surface area contributed by atoms with Crippen molar-refractivity contribution in [3.63, 3.8) is 0 Å². The molecule has 2 N–H and O–H groups in total. The molecule has 0 amide bonds. The Bertz CT molecular complexity index is 536. The van der Waals surface area contributed by atoms with E-state index in [0.717, 1.165) is 50.0 Å². The second-order valence-electron chi connectivity index (χ2n) is 11.0. The van der Waals surface area contributed by atoms with Crippen LogP contribution >= 0.6 is 34.8 Å². The molecule has 0 heterocycles. The van der Waals surface area contributed by atoms with E-state index in [0.29, 0.717) is 25.3 Å². The van der Waals surface area contributed by atoms with Gasteiger partial charge in [-0.2, -0.15) is 0 Å². The van der Waals surface area contributed by atoms with Gasteiger partial charge < -0.3 is 10.6 Å². The molecular formula is C25H46Cl3FN2. The fourth-order valence-electron chi connectivity index (χ4n) is 3.98. The van der Waals surface area contributed by atoms with Gasteiger partial charge in [-0.3, -0.25) is 4.39 Å². The van der Waals surface area contributed by atoms with Crippen molar-refractivity contribution in [2.45, 2.75) is 90.3 Å². The van der Waals surface area contributed by atoms with Gasteiger partial charge in [-0.1, -0.05) is 102 Å². The Hall–Kier alpha value is -0.120. The fourth-order valence-corrected chi connectivity index (χ4v) is 4.31. The molecule has 0 fully saturated rings. The van der Waals surface area contributed by atoms with Crippen molar-refractivity contribution >= 4 is 34.8 Å². The predicted molar refractivity (Wildman–Crippen MR) is 139 cm³/mol. The van der Waals surface area contributed by atoms with E-state index in [1.54, 1.807) is 0 Å². The molecule has 0 aromatic heterocycles. The summed E-state index contributed by atoms with van der Waals surface area (Å²) in [4.78, 5) is 0. The maximum Gasteiger partial charge on any atom is 0.190 e. The zero-order valence-corrected chi connectivity index (χ0v) is 22.9. The zero-order valence-electron chi connectivity index (χ0n) is 20.7. The minimum absolute atomic E-state index is 0.0374. The molecule has 0 aliphatic rings. The Kier molecular flexibility index (Phi) is 14.2. The predicted octanol–water partition coefficient (Wildman–Crippen LogP) is 8.59. The number of hydrogen-bond acceptors (Lipinski definition) is 2. The molecule has 184 valence electrons. The Morgan fingerprint density at radius 2 is 1.58 bits per heavy atom. The summed E-state index contributed by atoms with van der Waals surface area (Å²) in [5.74, 6) is 0.431. The highest BCUT2D eigenvalue weighted by molar-refractivity contribution is 6.67. The summed E-state index contributed by atoms with van der Waals surface area (Å²) in [5.41, 5.74) is 2.05. The largest absolute Gasteiger partial charge is 0.389 e. The van der Waals surface area contributed by atoms with Crippen LogP contribution in [0.2, 0.25) is 0 Å². The van der Waals surface area contributed by atoms with Gasteiger partial charge in [-0.25, -0.2) is 0 Å². The molecule has 6 heteroatoms. The first kappa shape index (κ1) is 30.9. The summed E-state index contributed by atoms with van der Waals surface area (Å²) in [6.45, 7) is 22.6. The van der Waals surface area contributed by atoms with Gasteiger partial charge >= 0.3 is 0 Å². The van der Waals surface area contributed by atoms with E-state index in [1.165, 1.54) is 0 Å². The lowest BCUT2D eigenvalue weighted by Gasteiger charge is -2.35. The molecule has 0 aromatic rings. The Balaban J connectivity index is 4.13. The van der Waals surface area contributed by atoms with Gasteiger partial charge in [-0.05, 0) is 43.4 Å². The lowest BCUT2D eigenvalue weighted by atomic mass is 9.74. The normalized spacial score (nSPS) is 14.8. The average molecular weight is 500 g/mol. The smallest absolute Gasteiger partial charge is 0.190 e. The first-order valence-electron chi connectivity index (χ1n) is 11.5. The number of hydrogen-bond donors (Lipinski definition) is 2. The molecule has 0 radical (unpaired) electrons. The maximum absolute atomic E-state index is 13.6. The van der Waals surface area contributed by atoms with Gasteiger partial charge in [0.2, 0.25) is 0 Å². The number of rotatable bonds is 16. The van der Waals surface area contributed by atoms with Crippen LogP contribution in [-0.2, 0) is 0 Å². The molecule has 2 nitrogen and oxygen atoms in total. The quantitative estimate of drug-likeness (QED) is 0.164. The van der Waals surface area contributed by atoms with E-state index >= 15 is 0 Å². The number of alkyl halides is 4. The van der Waals surface area contributed by atoms with Crippen molar-refractivity contribution in [2.75, 3.05) is 19.8 Å². The number of halogens is 4. The van der Waals surface area contributed by atoms with Crippen LogP contribution in [0.1, 0.15) is 86.5 Å². The third-order valence-electron chi connectivity index (χ3n) is 5.57. The Labute approximate surface area is 206 Å². The van der Waals surface area contributed by atoms with Crippen molar-refractivity contribution in [1.82, 2.24) is 10.6 Å². The van der Waals surface area contributed by atoms with Gasteiger partial charge in [0.05, 0.1) is 6.67 Å². The minimum Gasteiger partial charge on any atom is -0.389 e. The molecule has 31 heavy (non-hydrogen) atoms. The number of unbranched alkanes of at least 4 members (excludes halogenated alkanes) is 1. The molecule has 0 aromatic carbocycles. The number of nitrogens with one attached hydrogen (secondary N) is 2. The molecule has 0 aliphatic carbocycles. The molecule has 0 saturated carbocycles. The van der Waals surface area contributed by atoms with Crippen molar-refractivity contribution < 1.29 is 4.39 Å². The Morgan fingerprint density at radius 1 is 0.968 bits per heavy atom. The maximum atomic E-state index is 13.6. The third-order valence-corrected chi connectivity index (χ3v) is 6.13. The van der Waals surface area contributed by atoms with Crippen LogP contribution in [0, 0.1) is 22.7 Å². The van der Waals surface area contributed by atoms with Crippen LogP contribution in [-0.4, -0.2) is 23.6 Å². The van der Waals surface area contributed by atoms with Gasteiger partial charge in [0, 0.05) is 35.8 Å². The summed E-state index contributed by atoms with van der Waals surface area (Å²) in [7, 11) is 0. The lowest BCUT2D eigenvalue weighted by molar-refractivity contribution is 0.236. The van der Waals surface area contributed by atoms with Gasteiger partial charge in [0.1, 0.15) is 0 Å². The van der Waals surface area contributed by atoms with E-state index in [4.69, 9.17) is 34.8 Å². The van der Waals surface area contributed by atoms with E-state index < -0.39 is 3.79 Å². The second-order valence-corrected chi connectivity index (χ2v) is 13.5. The summed E-state index contributed by atoms with van der Waals surface area (Å²) in [6, 6.07) is 0. The highest BCUT2D eigenvalue weighted by atomic mass is 35.6. The highest BCUT2D eigenvalue weighted by Gasteiger charge is 2.28. The first-order valence-corrected chi connectivity index (χ1v) is 12.7. The fraction of sp³-hybridized carbons (Fsp3) is 0.840. The van der Waals surface area contributed by atoms with E-state index in [2.05, 4.69) is 65.3 Å². The van der Waals surface area contributed by atoms with E-state index in [-0.39, 0.29) is 23.4 Å². The van der Waals surface area contributed by atoms with Crippen LogP contribution in [0.5, 0.6) is 0 Å². The topological polar surface area (TPSA) is 24.1 Å². The molecule has 0 spiro atoms. The van der Waals surface area contributed by atoms with Gasteiger partial charge in [0.25, 0.3) is 0 Å². The number of allylic oxidation sites excluding steroid dienone is 2. The zero-order chi connectivity index (χ0) is 24.3. The van der Waals surface area contributed by atoms with Crippen LogP contribution in [0.4, 0.5) is 4.39 Å². The highest BCUT2D eigenvalue weighted by Crippen LogP contribution is 2.37. The minimum atomic E-state index is -1.15. The summed E-state index contributed by atoms with van der Waals surface area (Å²) >= 11 is 17.4. The van der Waals surface area contributed by atoms with E-state index in [9.17, 15) is 4.39 Å². The van der Waals surface area contributed by atoms with Crippen LogP contribution in [0.25, 0.3) is 0 Å². The van der Waals surface area contributed by atoms with Crippen molar-refractivity contribution in [2.24, 2.45) is 22.7 Å². The summed E-state index contributed by atoms with van der Waals surface area (Å²) in [6.07, 6.45) is 6.41. The van der Waals surface area contributed by atoms with Crippen LogP contribution in [0.3, 0.4) is 0 Å². The molecule has 0 saturated heterocycles. The molecular weight excluding hydrogens is 454 g/mol. The SMILES string of the molecule is C=C(CC(CF)CNC(=C)C(C)(C)CC(C)(C)C)NCCCCC(C)CCC(Cl)(Cl)Cl.